The number of aryl methyl sites for hydroxylation is 1. The molecule has 1 aromatic rings. The van der Waals surface area contributed by atoms with Gasteiger partial charge in [0.05, 0.1) is 0 Å². The third-order valence-corrected chi connectivity index (χ3v) is 2.50. The van der Waals surface area contributed by atoms with Gasteiger partial charge in [0.25, 0.3) is 0 Å². The molecule has 0 aromatic heterocycles. The molecule has 0 fully saturated rings. The quantitative estimate of drug-likeness (QED) is 0.627. The summed E-state index contributed by atoms with van der Waals surface area (Å²) in [5.41, 5.74) is 2.60. The first kappa shape index (κ1) is 10.9. The van der Waals surface area contributed by atoms with Crippen molar-refractivity contribution >= 4 is 0 Å². The van der Waals surface area contributed by atoms with E-state index in [1.807, 2.05) is 0 Å². The van der Waals surface area contributed by atoms with Crippen LogP contribution in [0.1, 0.15) is 43.7 Å². The van der Waals surface area contributed by atoms with Crippen LogP contribution in [0.25, 0.3) is 0 Å². The normalized spacial score (nSPS) is 12.1. The molecule has 0 heteroatoms. The van der Waals surface area contributed by atoms with Crippen LogP contribution in [0.5, 0.6) is 0 Å². The van der Waals surface area contributed by atoms with Gasteiger partial charge in [0, 0.05) is 5.92 Å². The molecule has 0 spiro atoms. The Morgan fingerprint density at radius 2 is 1.86 bits per heavy atom. The second-order valence-corrected chi connectivity index (χ2v) is 3.60. The number of hydrogen-bond acceptors (Lipinski definition) is 0. The Hall–Kier alpha value is -1.22. The van der Waals surface area contributed by atoms with Gasteiger partial charge in [0.1, 0.15) is 0 Å². The highest BCUT2D eigenvalue weighted by Crippen LogP contribution is 2.19. The fourth-order valence-corrected chi connectivity index (χ4v) is 1.63. The highest BCUT2D eigenvalue weighted by molar-refractivity contribution is 5.29. The first-order chi connectivity index (χ1) is 6.81. The van der Waals surface area contributed by atoms with E-state index in [1.165, 1.54) is 17.5 Å². The lowest BCUT2D eigenvalue weighted by atomic mass is 9.96. The van der Waals surface area contributed by atoms with Gasteiger partial charge in [-0.1, -0.05) is 50.5 Å². The molecule has 1 unspecified atom stereocenters. The van der Waals surface area contributed by atoms with Crippen molar-refractivity contribution < 1.29 is 0 Å². The Labute approximate surface area is 87.4 Å². The molecular formula is C14H17. The summed E-state index contributed by atoms with van der Waals surface area (Å²) in [6.45, 7) is 4.28. The molecule has 0 saturated heterocycles. The molecule has 0 heterocycles. The van der Waals surface area contributed by atoms with Gasteiger partial charge in [-0.25, -0.2) is 0 Å². The van der Waals surface area contributed by atoms with E-state index in [4.69, 9.17) is 6.42 Å². The van der Waals surface area contributed by atoms with E-state index in [1.54, 1.807) is 0 Å². The minimum absolute atomic E-state index is 0.172. The highest BCUT2D eigenvalue weighted by atomic mass is 14.1. The molecular weight excluding hydrogens is 168 g/mol. The number of hydrogen-bond donors (Lipinski definition) is 0. The molecule has 0 N–H and O–H groups in total. The van der Waals surface area contributed by atoms with Crippen molar-refractivity contribution in [2.45, 2.75) is 39.0 Å². The second-order valence-electron chi connectivity index (χ2n) is 3.60. The van der Waals surface area contributed by atoms with Gasteiger partial charge in [-0.2, -0.15) is 0 Å². The van der Waals surface area contributed by atoms with Crippen LogP contribution >= 0.6 is 0 Å². The molecule has 1 aromatic carbocycles. The van der Waals surface area contributed by atoms with E-state index < -0.39 is 0 Å². The summed E-state index contributed by atoms with van der Waals surface area (Å²) in [6, 6.07) is 8.58. The predicted molar refractivity (Wildman–Crippen MR) is 60.6 cm³/mol. The summed E-state index contributed by atoms with van der Waals surface area (Å²) in [5.74, 6) is 2.74. The molecule has 0 aliphatic carbocycles. The molecule has 0 nitrogen and oxygen atoms in total. The zero-order valence-corrected chi connectivity index (χ0v) is 9.01. The fraction of sp³-hybridized carbons (Fsp3) is 0.429. The van der Waals surface area contributed by atoms with Gasteiger partial charge < -0.3 is 0 Å². The van der Waals surface area contributed by atoms with Gasteiger partial charge in [0.2, 0.25) is 0 Å². The minimum atomic E-state index is 0.172. The Balaban J connectivity index is 2.77. The largest absolute Gasteiger partial charge is 0.0809 e. The maximum atomic E-state index is 7.18. The second kappa shape index (κ2) is 5.50. The highest BCUT2D eigenvalue weighted by Gasteiger charge is 2.04. The van der Waals surface area contributed by atoms with Crippen molar-refractivity contribution in [1.82, 2.24) is 0 Å². The summed E-state index contributed by atoms with van der Waals surface area (Å²) in [7, 11) is 0. The van der Waals surface area contributed by atoms with Crippen molar-refractivity contribution in [3.8, 4) is 5.92 Å². The van der Waals surface area contributed by atoms with E-state index in [2.05, 4.69) is 44.0 Å². The summed E-state index contributed by atoms with van der Waals surface area (Å²) in [4.78, 5) is 0. The van der Waals surface area contributed by atoms with E-state index in [0.29, 0.717) is 0 Å². The van der Waals surface area contributed by atoms with Gasteiger partial charge in [-0.15, -0.1) is 0 Å². The molecule has 1 radical (unpaired) electrons. The summed E-state index contributed by atoms with van der Waals surface area (Å²) >= 11 is 0. The van der Waals surface area contributed by atoms with Crippen molar-refractivity contribution in [3.05, 3.63) is 41.8 Å². The SMILES string of the molecule is [C]#CC(CC)c1ccc(CCC)cc1. The average molecular weight is 185 g/mol. The van der Waals surface area contributed by atoms with E-state index in [-0.39, 0.29) is 5.92 Å². The number of rotatable bonds is 4. The monoisotopic (exact) mass is 185 g/mol. The van der Waals surface area contributed by atoms with Crippen molar-refractivity contribution in [1.29, 1.82) is 0 Å². The molecule has 0 aliphatic heterocycles. The fourth-order valence-electron chi connectivity index (χ4n) is 1.63. The average Bonchev–Trinajstić information content (AvgIpc) is 2.23. The van der Waals surface area contributed by atoms with Crippen LogP contribution in [0.15, 0.2) is 24.3 Å². The van der Waals surface area contributed by atoms with Gasteiger partial charge in [0.15, 0.2) is 0 Å². The Kier molecular flexibility index (Phi) is 4.26. The molecule has 1 rings (SSSR count). The van der Waals surface area contributed by atoms with Crippen LogP contribution < -0.4 is 0 Å². The van der Waals surface area contributed by atoms with Crippen LogP contribution in [0, 0.1) is 12.3 Å². The molecule has 14 heavy (non-hydrogen) atoms. The van der Waals surface area contributed by atoms with Crippen LogP contribution in [0.2, 0.25) is 0 Å². The zero-order valence-electron chi connectivity index (χ0n) is 9.01. The standard InChI is InChI=1S/C14H17/c1-4-7-12-8-10-14(11-9-12)13(5-2)6-3/h8-11,13H,4-5,7H2,1-2H3. The van der Waals surface area contributed by atoms with E-state index in [0.717, 1.165) is 12.8 Å². The van der Waals surface area contributed by atoms with Crippen LogP contribution in [-0.2, 0) is 6.42 Å². The van der Waals surface area contributed by atoms with Gasteiger partial charge in [-0.05, 0) is 30.4 Å². The van der Waals surface area contributed by atoms with E-state index >= 15 is 0 Å². The topological polar surface area (TPSA) is 0 Å². The Morgan fingerprint density at radius 1 is 1.21 bits per heavy atom. The summed E-state index contributed by atoms with van der Waals surface area (Å²) < 4.78 is 0. The molecule has 0 aliphatic rings. The van der Waals surface area contributed by atoms with Crippen LogP contribution in [0.3, 0.4) is 0 Å². The molecule has 0 bridgehead atoms. The lowest BCUT2D eigenvalue weighted by molar-refractivity contribution is 0.827. The van der Waals surface area contributed by atoms with Crippen LogP contribution in [-0.4, -0.2) is 0 Å². The first-order valence-corrected chi connectivity index (χ1v) is 5.32. The van der Waals surface area contributed by atoms with Gasteiger partial charge in [-0.3, -0.25) is 0 Å². The Bertz CT molecular complexity index is 300. The smallest absolute Gasteiger partial charge is 0.0459 e. The van der Waals surface area contributed by atoms with Gasteiger partial charge >= 0.3 is 0 Å². The maximum Gasteiger partial charge on any atom is 0.0459 e. The van der Waals surface area contributed by atoms with Crippen LogP contribution in [0.4, 0.5) is 0 Å². The first-order valence-electron chi connectivity index (χ1n) is 5.32. The zero-order chi connectivity index (χ0) is 10.4. The lowest BCUT2D eigenvalue weighted by Gasteiger charge is -2.08. The third kappa shape index (κ3) is 2.64. The van der Waals surface area contributed by atoms with Crippen molar-refractivity contribution in [3.63, 3.8) is 0 Å². The summed E-state index contributed by atoms with van der Waals surface area (Å²) in [6.07, 6.45) is 10.5. The molecule has 73 valence electrons. The van der Waals surface area contributed by atoms with Crippen molar-refractivity contribution in [2.75, 3.05) is 0 Å². The number of benzene rings is 1. The predicted octanol–water partition coefficient (Wildman–Crippen LogP) is 3.72. The van der Waals surface area contributed by atoms with Crippen molar-refractivity contribution in [2.24, 2.45) is 0 Å². The molecule has 0 amide bonds. The Morgan fingerprint density at radius 3 is 2.29 bits per heavy atom. The summed E-state index contributed by atoms with van der Waals surface area (Å²) in [5, 5.41) is 0. The molecule has 0 saturated carbocycles. The third-order valence-electron chi connectivity index (χ3n) is 2.50. The lowest BCUT2D eigenvalue weighted by Crippen LogP contribution is -1.93. The maximum absolute atomic E-state index is 7.18. The molecule has 1 atom stereocenters. The minimum Gasteiger partial charge on any atom is -0.0809 e. The van der Waals surface area contributed by atoms with E-state index in [9.17, 15) is 0 Å².